The van der Waals surface area contributed by atoms with Crippen LogP contribution in [-0.4, -0.2) is 49.5 Å². The number of hydrogen-bond acceptors (Lipinski definition) is 6. The number of carbonyl (C=O) groups is 2. The van der Waals surface area contributed by atoms with E-state index in [9.17, 15) is 18.4 Å². The van der Waals surface area contributed by atoms with Gasteiger partial charge in [-0.1, -0.05) is 36.4 Å². The number of nitrogens with zero attached hydrogens (tertiary/aromatic N) is 2. The molecular formula is C22H20F2N2O5. The number of hydrogen-bond donors (Lipinski definition) is 0. The first kappa shape index (κ1) is 21.9. The SMILES string of the molecule is COc1cc(/C=C/C(=O)OCC(=O)N2CCC(c3ccccc3)=N2)ccc1OC(F)F. The minimum atomic E-state index is -2.98. The summed E-state index contributed by atoms with van der Waals surface area (Å²) < 4.78 is 39.0. The van der Waals surface area contributed by atoms with Crippen LogP contribution in [0.4, 0.5) is 8.78 Å². The minimum absolute atomic E-state index is 0.0899. The van der Waals surface area contributed by atoms with Crippen molar-refractivity contribution in [1.29, 1.82) is 0 Å². The first-order chi connectivity index (χ1) is 15.0. The molecular weight excluding hydrogens is 410 g/mol. The highest BCUT2D eigenvalue weighted by molar-refractivity contribution is 6.02. The van der Waals surface area contributed by atoms with E-state index in [-0.39, 0.29) is 11.5 Å². The van der Waals surface area contributed by atoms with Crippen molar-refractivity contribution in [2.24, 2.45) is 5.10 Å². The minimum Gasteiger partial charge on any atom is -0.493 e. The van der Waals surface area contributed by atoms with Crippen molar-refractivity contribution in [2.45, 2.75) is 13.0 Å². The number of amides is 1. The molecule has 0 saturated carbocycles. The fraction of sp³-hybridized carbons (Fsp3) is 0.227. The Labute approximate surface area is 177 Å². The summed E-state index contributed by atoms with van der Waals surface area (Å²) in [6.07, 6.45) is 3.15. The van der Waals surface area contributed by atoms with Gasteiger partial charge in [-0.05, 0) is 29.3 Å². The molecule has 7 nitrogen and oxygen atoms in total. The van der Waals surface area contributed by atoms with Crippen molar-refractivity contribution >= 4 is 23.7 Å². The molecule has 0 saturated heterocycles. The van der Waals surface area contributed by atoms with Gasteiger partial charge in [-0.3, -0.25) is 4.79 Å². The third kappa shape index (κ3) is 6.11. The lowest BCUT2D eigenvalue weighted by atomic mass is 10.1. The molecule has 1 aliphatic rings. The Kier molecular flexibility index (Phi) is 7.31. The predicted octanol–water partition coefficient (Wildman–Crippen LogP) is 3.49. The third-order valence-electron chi connectivity index (χ3n) is 4.35. The Morgan fingerprint density at radius 2 is 1.94 bits per heavy atom. The van der Waals surface area contributed by atoms with Crippen LogP contribution in [0.3, 0.4) is 0 Å². The summed E-state index contributed by atoms with van der Waals surface area (Å²) in [5.74, 6) is -1.19. The van der Waals surface area contributed by atoms with Gasteiger partial charge in [0.05, 0.1) is 19.4 Å². The number of carbonyl (C=O) groups excluding carboxylic acids is 2. The number of halogens is 2. The summed E-state index contributed by atoms with van der Waals surface area (Å²) in [6.45, 7) is -3.01. The zero-order valence-corrected chi connectivity index (χ0v) is 16.7. The Morgan fingerprint density at radius 3 is 2.65 bits per heavy atom. The smallest absolute Gasteiger partial charge is 0.387 e. The number of hydrazone groups is 1. The van der Waals surface area contributed by atoms with Crippen LogP contribution in [0.25, 0.3) is 6.08 Å². The van der Waals surface area contributed by atoms with E-state index in [4.69, 9.17) is 9.47 Å². The van der Waals surface area contributed by atoms with Crippen molar-refractivity contribution < 1.29 is 32.6 Å². The number of esters is 1. The number of rotatable bonds is 8. The molecule has 31 heavy (non-hydrogen) atoms. The van der Waals surface area contributed by atoms with E-state index in [2.05, 4.69) is 9.84 Å². The molecule has 0 aromatic heterocycles. The van der Waals surface area contributed by atoms with Crippen LogP contribution >= 0.6 is 0 Å². The summed E-state index contributed by atoms with van der Waals surface area (Å²) in [5.41, 5.74) is 2.24. The van der Waals surface area contributed by atoms with Crippen LogP contribution < -0.4 is 9.47 Å². The highest BCUT2D eigenvalue weighted by Crippen LogP contribution is 2.29. The summed E-state index contributed by atoms with van der Waals surface area (Å²) in [5, 5.41) is 5.57. The first-order valence-electron chi connectivity index (χ1n) is 9.37. The van der Waals surface area contributed by atoms with Crippen molar-refractivity contribution in [3.8, 4) is 11.5 Å². The van der Waals surface area contributed by atoms with Gasteiger partial charge in [0.2, 0.25) is 0 Å². The van der Waals surface area contributed by atoms with Gasteiger partial charge in [0, 0.05) is 12.5 Å². The van der Waals surface area contributed by atoms with Crippen LogP contribution in [0.1, 0.15) is 17.5 Å². The molecule has 0 spiro atoms. The van der Waals surface area contributed by atoms with Crippen LogP contribution in [-0.2, 0) is 14.3 Å². The van der Waals surface area contributed by atoms with Crippen LogP contribution in [0.5, 0.6) is 11.5 Å². The standard InChI is InChI=1S/C22H20F2N2O5/c1-29-19-13-15(7-9-18(19)31-22(23)24)8-10-21(28)30-14-20(27)26-12-11-17(25-26)16-5-3-2-4-6-16/h2-10,13,22H,11-12,14H2,1H3/b10-8+. The van der Waals surface area contributed by atoms with Gasteiger partial charge in [0.25, 0.3) is 5.91 Å². The van der Waals surface area contributed by atoms with E-state index in [0.717, 1.165) is 17.4 Å². The Morgan fingerprint density at radius 1 is 1.16 bits per heavy atom. The van der Waals surface area contributed by atoms with Gasteiger partial charge >= 0.3 is 12.6 Å². The molecule has 3 rings (SSSR count). The Hall–Kier alpha value is -3.75. The lowest BCUT2D eigenvalue weighted by Gasteiger charge is -2.11. The summed E-state index contributed by atoms with van der Waals surface area (Å²) in [7, 11) is 1.31. The molecule has 0 bridgehead atoms. The summed E-state index contributed by atoms with van der Waals surface area (Å²) in [4.78, 5) is 24.2. The average molecular weight is 430 g/mol. The largest absolute Gasteiger partial charge is 0.493 e. The van der Waals surface area contributed by atoms with Gasteiger partial charge in [-0.15, -0.1) is 0 Å². The Balaban J connectivity index is 1.52. The van der Waals surface area contributed by atoms with Gasteiger partial charge in [0.1, 0.15) is 0 Å². The van der Waals surface area contributed by atoms with Crippen molar-refractivity contribution in [1.82, 2.24) is 5.01 Å². The summed E-state index contributed by atoms with van der Waals surface area (Å²) in [6, 6.07) is 13.7. The number of benzene rings is 2. The second-order valence-corrected chi connectivity index (χ2v) is 6.41. The highest BCUT2D eigenvalue weighted by atomic mass is 19.3. The summed E-state index contributed by atoms with van der Waals surface area (Å²) >= 11 is 0. The fourth-order valence-corrected chi connectivity index (χ4v) is 2.87. The molecule has 2 aromatic carbocycles. The average Bonchev–Trinajstić information content (AvgIpc) is 3.27. The topological polar surface area (TPSA) is 77.4 Å². The zero-order chi connectivity index (χ0) is 22.2. The second kappa shape index (κ2) is 10.3. The van der Waals surface area contributed by atoms with Crippen molar-refractivity contribution in [2.75, 3.05) is 20.3 Å². The van der Waals surface area contributed by atoms with Crippen LogP contribution in [0, 0.1) is 0 Å². The number of ether oxygens (including phenoxy) is 3. The molecule has 1 aliphatic heterocycles. The van der Waals surface area contributed by atoms with E-state index in [0.29, 0.717) is 18.5 Å². The van der Waals surface area contributed by atoms with E-state index in [1.807, 2.05) is 30.3 Å². The molecule has 0 fully saturated rings. The molecule has 162 valence electrons. The molecule has 1 heterocycles. The van der Waals surface area contributed by atoms with Gasteiger partial charge in [-0.25, -0.2) is 9.80 Å². The fourth-order valence-electron chi connectivity index (χ4n) is 2.87. The van der Waals surface area contributed by atoms with E-state index >= 15 is 0 Å². The maximum atomic E-state index is 12.4. The zero-order valence-electron chi connectivity index (χ0n) is 16.7. The number of methoxy groups -OCH3 is 1. The predicted molar refractivity (Wildman–Crippen MR) is 109 cm³/mol. The van der Waals surface area contributed by atoms with Crippen LogP contribution in [0.15, 0.2) is 59.7 Å². The molecule has 0 atom stereocenters. The monoisotopic (exact) mass is 430 g/mol. The maximum absolute atomic E-state index is 12.4. The van der Waals surface area contributed by atoms with Gasteiger partial charge in [-0.2, -0.15) is 13.9 Å². The lowest BCUT2D eigenvalue weighted by Crippen LogP contribution is -2.28. The second-order valence-electron chi connectivity index (χ2n) is 6.41. The molecule has 0 radical (unpaired) electrons. The molecule has 0 unspecified atom stereocenters. The van der Waals surface area contributed by atoms with E-state index < -0.39 is 25.1 Å². The normalized spacial score (nSPS) is 13.4. The third-order valence-corrected chi connectivity index (χ3v) is 4.35. The molecule has 0 N–H and O–H groups in total. The highest BCUT2D eigenvalue weighted by Gasteiger charge is 2.22. The van der Waals surface area contributed by atoms with Crippen molar-refractivity contribution in [3.63, 3.8) is 0 Å². The van der Waals surface area contributed by atoms with Gasteiger partial charge in [0.15, 0.2) is 18.1 Å². The maximum Gasteiger partial charge on any atom is 0.387 e. The Bertz CT molecular complexity index is 993. The van der Waals surface area contributed by atoms with E-state index in [1.54, 1.807) is 0 Å². The van der Waals surface area contributed by atoms with Crippen molar-refractivity contribution in [3.05, 3.63) is 65.7 Å². The van der Waals surface area contributed by atoms with Crippen LogP contribution in [0.2, 0.25) is 0 Å². The molecule has 2 aromatic rings. The molecule has 1 amide bonds. The molecule has 0 aliphatic carbocycles. The molecule has 9 heteroatoms. The lowest BCUT2D eigenvalue weighted by molar-refractivity contribution is -0.147. The first-order valence-corrected chi connectivity index (χ1v) is 9.37. The van der Waals surface area contributed by atoms with E-state index in [1.165, 1.54) is 36.4 Å². The number of alkyl halides is 2. The van der Waals surface area contributed by atoms with Gasteiger partial charge < -0.3 is 14.2 Å². The quantitative estimate of drug-likeness (QED) is 0.473.